The summed E-state index contributed by atoms with van der Waals surface area (Å²) in [5.74, 6) is -0.296. The molecule has 39 heavy (non-hydrogen) atoms. The molecule has 0 aromatic heterocycles. The van der Waals surface area contributed by atoms with Crippen molar-refractivity contribution in [3.63, 3.8) is 0 Å². The van der Waals surface area contributed by atoms with Crippen LogP contribution in [0.5, 0.6) is 0 Å². The van der Waals surface area contributed by atoms with Crippen LogP contribution in [-0.4, -0.2) is 46.1 Å². The van der Waals surface area contributed by atoms with Crippen LogP contribution in [0.3, 0.4) is 0 Å². The van der Waals surface area contributed by atoms with Gasteiger partial charge in [0.25, 0.3) is 0 Å². The third-order valence-corrected chi connectivity index (χ3v) is 7.52. The highest BCUT2D eigenvalue weighted by atomic mass is 16.3. The van der Waals surface area contributed by atoms with Gasteiger partial charge in [0.1, 0.15) is 0 Å². The normalized spacial score (nSPS) is 14.3. The van der Waals surface area contributed by atoms with Gasteiger partial charge in [-0.3, -0.25) is 4.79 Å². The zero-order chi connectivity index (χ0) is 28.8. The van der Waals surface area contributed by atoms with E-state index in [2.05, 4.69) is 43.5 Å². The highest BCUT2D eigenvalue weighted by molar-refractivity contribution is 5.76. The second-order valence-corrected chi connectivity index (χ2v) is 11.4. The largest absolute Gasteiger partial charge is 0.394 e. The van der Waals surface area contributed by atoms with Gasteiger partial charge in [-0.15, -0.1) is 0 Å². The van der Waals surface area contributed by atoms with Crippen molar-refractivity contribution in [1.29, 1.82) is 0 Å². The van der Waals surface area contributed by atoms with Crippen LogP contribution < -0.4 is 5.32 Å². The lowest BCUT2D eigenvalue weighted by Gasteiger charge is -2.23. The first kappa shape index (κ1) is 37.8. The quantitative estimate of drug-likeness (QED) is 0.0556. The Morgan fingerprint density at radius 1 is 0.641 bits per heavy atom. The Bertz CT molecular complexity index is 578. The summed E-state index contributed by atoms with van der Waals surface area (Å²) in [6.45, 7) is 4.18. The first-order valence-corrected chi connectivity index (χ1v) is 16.6. The summed E-state index contributed by atoms with van der Waals surface area (Å²) in [6, 6.07) is -0.658. The zero-order valence-corrected chi connectivity index (χ0v) is 25.8. The fourth-order valence-electron chi connectivity index (χ4n) is 4.90. The summed E-state index contributed by atoms with van der Waals surface area (Å²) >= 11 is 0. The Hall–Kier alpha value is -1.17. The number of aliphatic hydroxyl groups excluding tert-OH is 3. The first-order chi connectivity index (χ1) is 19.0. The van der Waals surface area contributed by atoms with E-state index in [1.165, 1.54) is 83.5 Å². The van der Waals surface area contributed by atoms with Gasteiger partial charge in [-0.2, -0.15) is 0 Å². The number of hydrogen-bond donors (Lipinski definition) is 4. The maximum Gasteiger partial charge on any atom is 0.222 e. The Labute approximate surface area is 241 Å². The van der Waals surface area contributed by atoms with E-state index in [0.29, 0.717) is 12.8 Å². The van der Waals surface area contributed by atoms with E-state index in [4.69, 9.17) is 0 Å². The summed E-state index contributed by atoms with van der Waals surface area (Å²) in [5.41, 5.74) is 0. The number of carbonyl (C=O) groups is 1. The van der Waals surface area contributed by atoms with Crippen molar-refractivity contribution >= 4 is 5.91 Å². The highest BCUT2D eigenvalue weighted by Gasteiger charge is 2.21. The average molecular weight is 552 g/mol. The van der Waals surface area contributed by atoms with E-state index >= 15 is 0 Å². The smallest absolute Gasteiger partial charge is 0.222 e. The molecule has 0 fully saturated rings. The van der Waals surface area contributed by atoms with Crippen LogP contribution in [0.15, 0.2) is 24.3 Å². The molecule has 0 aromatic rings. The Morgan fingerprint density at radius 3 is 1.67 bits per heavy atom. The Kier molecular flexibility index (Phi) is 28.9. The van der Waals surface area contributed by atoms with Crippen molar-refractivity contribution < 1.29 is 20.1 Å². The lowest BCUT2D eigenvalue weighted by atomic mass is 10.0. The van der Waals surface area contributed by atoms with Gasteiger partial charge in [-0.25, -0.2) is 0 Å². The minimum Gasteiger partial charge on any atom is -0.394 e. The molecule has 0 spiro atoms. The van der Waals surface area contributed by atoms with Crippen LogP contribution in [0.25, 0.3) is 0 Å². The molecule has 0 aliphatic rings. The SMILES string of the molecule is CCCCC/C=C\C/C=C\CCCCCCCC(O)CC(=O)NC(CO)C(O)CCCCCCCCCCC. The number of aliphatic hydroxyl groups is 3. The molecule has 1 amide bonds. The molecular weight excluding hydrogens is 486 g/mol. The molecule has 3 atom stereocenters. The van der Waals surface area contributed by atoms with Gasteiger partial charge in [0.15, 0.2) is 0 Å². The van der Waals surface area contributed by atoms with Crippen LogP contribution in [0, 0.1) is 0 Å². The van der Waals surface area contributed by atoms with E-state index in [0.717, 1.165) is 44.9 Å². The summed E-state index contributed by atoms with van der Waals surface area (Å²) in [4.78, 5) is 12.3. The number of carbonyl (C=O) groups excluding carboxylic acids is 1. The monoisotopic (exact) mass is 551 g/mol. The molecule has 0 saturated carbocycles. The maximum absolute atomic E-state index is 12.3. The van der Waals surface area contributed by atoms with Crippen LogP contribution in [0.4, 0.5) is 0 Å². The van der Waals surface area contributed by atoms with Crippen LogP contribution in [-0.2, 0) is 4.79 Å². The molecular formula is C34H65NO4. The summed E-state index contributed by atoms with van der Waals surface area (Å²) in [6.07, 6.45) is 32.6. The lowest BCUT2D eigenvalue weighted by molar-refractivity contribution is -0.125. The summed E-state index contributed by atoms with van der Waals surface area (Å²) in [5, 5.41) is 33.0. The number of nitrogens with one attached hydrogen (secondary N) is 1. The zero-order valence-electron chi connectivity index (χ0n) is 25.8. The molecule has 5 nitrogen and oxygen atoms in total. The van der Waals surface area contributed by atoms with E-state index < -0.39 is 18.2 Å². The molecule has 4 N–H and O–H groups in total. The fourth-order valence-corrected chi connectivity index (χ4v) is 4.90. The molecule has 0 aliphatic carbocycles. The van der Waals surface area contributed by atoms with Crippen molar-refractivity contribution in [3.05, 3.63) is 24.3 Å². The number of rotatable bonds is 29. The second-order valence-electron chi connectivity index (χ2n) is 11.4. The van der Waals surface area contributed by atoms with Gasteiger partial charge in [-0.1, -0.05) is 134 Å². The summed E-state index contributed by atoms with van der Waals surface area (Å²) in [7, 11) is 0. The number of unbranched alkanes of at least 4 members (excludes halogenated alkanes) is 16. The van der Waals surface area contributed by atoms with Gasteiger partial charge >= 0.3 is 0 Å². The van der Waals surface area contributed by atoms with Crippen molar-refractivity contribution in [2.45, 2.75) is 180 Å². The lowest BCUT2D eigenvalue weighted by Crippen LogP contribution is -2.46. The molecule has 5 heteroatoms. The second kappa shape index (κ2) is 29.8. The molecule has 3 unspecified atom stereocenters. The Morgan fingerprint density at radius 2 is 1.10 bits per heavy atom. The van der Waals surface area contributed by atoms with Crippen molar-refractivity contribution in [2.24, 2.45) is 0 Å². The Balaban J connectivity index is 3.74. The molecule has 0 saturated heterocycles. The topological polar surface area (TPSA) is 89.8 Å². The van der Waals surface area contributed by atoms with Gasteiger partial charge < -0.3 is 20.6 Å². The molecule has 0 rings (SSSR count). The number of hydrogen-bond acceptors (Lipinski definition) is 4. The molecule has 0 bridgehead atoms. The number of amides is 1. The van der Waals surface area contributed by atoms with E-state index in [-0.39, 0.29) is 18.9 Å². The highest BCUT2D eigenvalue weighted by Crippen LogP contribution is 2.14. The average Bonchev–Trinajstić information content (AvgIpc) is 2.92. The van der Waals surface area contributed by atoms with Gasteiger partial charge in [0.2, 0.25) is 5.91 Å². The van der Waals surface area contributed by atoms with Crippen LogP contribution >= 0.6 is 0 Å². The van der Waals surface area contributed by atoms with E-state index in [1.807, 2.05) is 0 Å². The molecule has 0 aromatic carbocycles. The van der Waals surface area contributed by atoms with Gasteiger partial charge in [0, 0.05) is 0 Å². The van der Waals surface area contributed by atoms with Gasteiger partial charge in [-0.05, 0) is 44.9 Å². The number of allylic oxidation sites excluding steroid dienone is 4. The first-order valence-electron chi connectivity index (χ1n) is 16.6. The maximum atomic E-state index is 12.3. The predicted octanol–water partition coefficient (Wildman–Crippen LogP) is 8.31. The minimum atomic E-state index is -0.748. The van der Waals surface area contributed by atoms with Gasteiger partial charge in [0.05, 0.1) is 31.3 Å². The molecule has 0 heterocycles. The van der Waals surface area contributed by atoms with Crippen molar-refractivity contribution in [1.82, 2.24) is 5.32 Å². The molecule has 230 valence electrons. The predicted molar refractivity (Wildman–Crippen MR) is 167 cm³/mol. The summed E-state index contributed by atoms with van der Waals surface area (Å²) < 4.78 is 0. The van der Waals surface area contributed by atoms with Crippen molar-refractivity contribution in [3.8, 4) is 0 Å². The fraction of sp³-hybridized carbons (Fsp3) is 0.853. The minimum absolute atomic E-state index is 0.0269. The van der Waals surface area contributed by atoms with Crippen molar-refractivity contribution in [2.75, 3.05) is 6.61 Å². The third kappa shape index (κ3) is 26.8. The standard InChI is InChI=1S/C34H65NO4/c1-3-5-7-9-11-13-14-15-16-17-18-20-21-23-25-27-31(37)29-34(39)35-32(30-36)33(38)28-26-24-22-19-12-10-8-6-4-2/h11,13,15-16,31-33,36-38H,3-10,12,14,17-30H2,1-2H3,(H,35,39)/b13-11-,16-15-. The van der Waals surface area contributed by atoms with Crippen LogP contribution in [0.1, 0.15) is 162 Å². The molecule has 0 radical (unpaired) electrons. The van der Waals surface area contributed by atoms with E-state index in [9.17, 15) is 20.1 Å². The van der Waals surface area contributed by atoms with Crippen LogP contribution in [0.2, 0.25) is 0 Å². The van der Waals surface area contributed by atoms with E-state index in [1.54, 1.807) is 0 Å². The molecule has 0 aliphatic heterocycles. The third-order valence-electron chi connectivity index (χ3n) is 7.52.